The molecule has 3 rings (SSSR count). The van der Waals surface area contributed by atoms with E-state index in [4.69, 9.17) is 9.15 Å². The van der Waals surface area contributed by atoms with Crippen molar-refractivity contribution < 1.29 is 19.1 Å². The summed E-state index contributed by atoms with van der Waals surface area (Å²) in [6.45, 7) is 5.91. The summed E-state index contributed by atoms with van der Waals surface area (Å²) in [7, 11) is 0. The van der Waals surface area contributed by atoms with Crippen molar-refractivity contribution in [2.45, 2.75) is 31.5 Å². The van der Waals surface area contributed by atoms with E-state index in [1.807, 2.05) is 19.1 Å². The number of hydrogen-bond donors (Lipinski definition) is 3. The highest BCUT2D eigenvalue weighted by Crippen LogP contribution is 2.23. The van der Waals surface area contributed by atoms with E-state index in [0.717, 1.165) is 24.6 Å². The molecule has 0 aromatic carbocycles. The zero-order valence-corrected chi connectivity index (χ0v) is 15.9. The minimum atomic E-state index is -0.437. The number of aliphatic hydroxyl groups is 1. The van der Waals surface area contributed by atoms with Crippen LogP contribution in [-0.2, 0) is 9.53 Å². The van der Waals surface area contributed by atoms with Crippen LogP contribution in [0.4, 0.5) is 0 Å². The molecule has 0 bridgehead atoms. The highest BCUT2D eigenvalue weighted by Gasteiger charge is 2.30. The summed E-state index contributed by atoms with van der Waals surface area (Å²) in [4.78, 5) is 14.5. The van der Waals surface area contributed by atoms with E-state index in [2.05, 4.69) is 15.5 Å². The normalized spacial score (nSPS) is 24.9. The number of furan rings is 1. The van der Waals surface area contributed by atoms with E-state index >= 15 is 0 Å². The molecule has 3 N–H and O–H groups in total. The Morgan fingerprint density at radius 1 is 1.40 bits per heavy atom. The number of amides is 1. The summed E-state index contributed by atoms with van der Waals surface area (Å²) in [6, 6.07) is 3.61. The monoisotopic (exact) mass is 395 g/mol. The quantitative estimate of drug-likeness (QED) is 0.678. The van der Waals surface area contributed by atoms with Gasteiger partial charge in [0, 0.05) is 26.2 Å². The van der Waals surface area contributed by atoms with Crippen molar-refractivity contribution in [2.75, 3.05) is 39.4 Å². The standard InChI is InChI=1S/C16H25N3O4.2ClH/c1-11-2-3-15(23-11)14(19-4-6-22-7-5-19)10-18-16(21)13-8-12(20)9-17-13;;/h2-3,12-14,17,20H,4-10H2,1H3,(H,18,21);2*1H. The molecule has 3 unspecified atom stereocenters. The molecular formula is C16H27Cl2N3O4. The van der Waals surface area contributed by atoms with Gasteiger partial charge in [-0.3, -0.25) is 9.69 Å². The van der Waals surface area contributed by atoms with Gasteiger partial charge in [0.2, 0.25) is 5.91 Å². The lowest BCUT2D eigenvalue weighted by molar-refractivity contribution is -0.123. The van der Waals surface area contributed by atoms with Gasteiger partial charge in [0.15, 0.2) is 0 Å². The van der Waals surface area contributed by atoms with E-state index < -0.39 is 6.10 Å². The maximum absolute atomic E-state index is 12.3. The summed E-state index contributed by atoms with van der Waals surface area (Å²) in [5.74, 6) is 1.66. The van der Waals surface area contributed by atoms with Crippen molar-refractivity contribution in [3.05, 3.63) is 23.7 Å². The minimum absolute atomic E-state index is 0. The Kier molecular flexibility index (Phi) is 9.20. The average Bonchev–Trinajstić information content (AvgIpc) is 3.17. The smallest absolute Gasteiger partial charge is 0.237 e. The highest BCUT2D eigenvalue weighted by atomic mass is 35.5. The van der Waals surface area contributed by atoms with Crippen LogP contribution in [0, 0.1) is 6.92 Å². The third kappa shape index (κ3) is 5.84. The number of aryl methyl sites for hydroxylation is 1. The second kappa shape index (κ2) is 10.4. The molecule has 0 aliphatic carbocycles. The third-order valence-corrected chi connectivity index (χ3v) is 4.47. The number of hydrogen-bond acceptors (Lipinski definition) is 6. The number of aliphatic hydroxyl groups excluding tert-OH is 1. The molecule has 144 valence electrons. The summed E-state index contributed by atoms with van der Waals surface area (Å²) in [5.41, 5.74) is 0. The molecule has 1 aromatic heterocycles. The molecule has 25 heavy (non-hydrogen) atoms. The summed E-state index contributed by atoms with van der Waals surface area (Å²) >= 11 is 0. The van der Waals surface area contributed by atoms with Gasteiger partial charge in [-0.05, 0) is 25.5 Å². The molecule has 0 saturated carbocycles. The van der Waals surface area contributed by atoms with Crippen molar-refractivity contribution >= 4 is 30.7 Å². The van der Waals surface area contributed by atoms with Crippen LogP contribution < -0.4 is 10.6 Å². The van der Waals surface area contributed by atoms with E-state index in [-0.39, 0.29) is 42.8 Å². The minimum Gasteiger partial charge on any atom is -0.465 e. The first-order valence-corrected chi connectivity index (χ1v) is 8.21. The lowest BCUT2D eigenvalue weighted by Gasteiger charge is -2.33. The summed E-state index contributed by atoms with van der Waals surface area (Å²) < 4.78 is 11.2. The number of carbonyl (C=O) groups excluding carboxylic acids is 1. The van der Waals surface area contributed by atoms with Crippen LogP contribution in [0.5, 0.6) is 0 Å². The molecule has 2 saturated heterocycles. The fourth-order valence-corrected chi connectivity index (χ4v) is 3.17. The Bertz CT molecular complexity index is 537. The van der Waals surface area contributed by atoms with Crippen LogP contribution in [0.2, 0.25) is 0 Å². The number of carbonyl (C=O) groups is 1. The predicted octanol–water partition coefficient (Wildman–Crippen LogP) is 0.644. The molecule has 1 amide bonds. The SMILES string of the molecule is Cc1ccc(C(CNC(=O)C2CC(O)CN2)N2CCOCC2)o1.Cl.Cl. The number of ether oxygens (including phenoxy) is 1. The third-order valence-electron chi connectivity index (χ3n) is 4.47. The maximum Gasteiger partial charge on any atom is 0.237 e. The first-order valence-electron chi connectivity index (χ1n) is 8.21. The zero-order valence-electron chi connectivity index (χ0n) is 14.3. The van der Waals surface area contributed by atoms with Gasteiger partial charge in [0.25, 0.3) is 0 Å². The van der Waals surface area contributed by atoms with Crippen LogP contribution in [0.15, 0.2) is 16.5 Å². The Morgan fingerprint density at radius 2 is 2.12 bits per heavy atom. The van der Waals surface area contributed by atoms with Crippen LogP contribution in [-0.4, -0.2) is 67.5 Å². The van der Waals surface area contributed by atoms with Gasteiger partial charge < -0.3 is 24.9 Å². The van der Waals surface area contributed by atoms with Crippen molar-refractivity contribution in [3.63, 3.8) is 0 Å². The number of β-amino-alcohol motifs (C(OH)–C–C–N with tert-alkyl or cyclic N) is 1. The Morgan fingerprint density at radius 3 is 2.68 bits per heavy atom. The van der Waals surface area contributed by atoms with Gasteiger partial charge in [-0.2, -0.15) is 0 Å². The molecule has 0 radical (unpaired) electrons. The fraction of sp³-hybridized carbons (Fsp3) is 0.688. The molecule has 2 aliphatic heterocycles. The molecule has 3 atom stereocenters. The molecule has 0 spiro atoms. The van der Waals surface area contributed by atoms with Crippen molar-refractivity contribution in [2.24, 2.45) is 0 Å². The van der Waals surface area contributed by atoms with Crippen LogP contribution in [0.1, 0.15) is 24.0 Å². The Balaban J connectivity index is 0.00000156. The van der Waals surface area contributed by atoms with Crippen LogP contribution >= 0.6 is 24.8 Å². The van der Waals surface area contributed by atoms with Gasteiger partial charge in [-0.15, -0.1) is 24.8 Å². The summed E-state index contributed by atoms with van der Waals surface area (Å²) in [6.07, 6.45) is 0.0296. The number of nitrogens with zero attached hydrogens (tertiary/aromatic N) is 1. The van der Waals surface area contributed by atoms with E-state index in [1.54, 1.807) is 0 Å². The largest absolute Gasteiger partial charge is 0.465 e. The first-order chi connectivity index (χ1) is 11.1. The number of halogens is 2. The van der Waals surface area contributed by atoms with Gasteiger partial charge in [-0.1, -0.05) is 0 Å². The van der Waals surface area contributed by atoms with Crippen LogP contribution in [0.3, 0.4) is 0 Å². The van der Waals surface area contributed by atoms with Crippen molar-refractivity contribution in [3.8, 4) is 0 Å². The number of morpholine rings is 1. The molecule has 3 heterocycles. The van der Waals surface area contributed by atoms with Crippen LogP contribution in [0.25, 0.3) is 0 Å². The van der Waals surface area contributed by atoms with Crippen molar-refractivity contribution in [1.29, 1.82) is 0 Å². The lowest BCUT2D eigenvalue weighted by atomic mass is 10.1. The van der Waals surface area contributed by atoms with E-state index in [9.17, 15) is 9.90 Å². The lowest BCUT2D eigenvalue weighted by Crippen LogP contribution is -2.47. The first kappa shape index (κ1) is 22.2. The van der Waals surface area contributed by atoms with Gasteiger partial charge in [0.05, 0.1) is 31.4 Å². The second-order valence-corrected chi connectivity index (χ2v) is 6.21. The van der Waals surface area contributed by atoms with Gasteiger partial charge in [-0.25, -0.2) is 0 Å². The highest BCUT2D eigenvalue weighted by molar-refractivity contribution is 5.85. The number of nitrogens with one attached hydrogen (secondary N) is 2. The second-order valence-electron chi connectivity index (χ2n) is 6.21. The topological polar surface area (TPSA) is 87.0 Å². The van der Waals surface area contributed by atoms with E-state index in [1.165, 1.54) is 0 Å². The zero-order chi connectivity index (χ0) is 16.2. The molecular weight excluding hydrogens is 369 g/mol. The van der Waals surface area contributed by atoms with Crippen molar-refractivity contribution in [1.82, 2.24) is 15.5 Å². The molecule has 9 heteroatoms. The predicted molar refractivity (Wildman–Crippen MR) is 98.5 cm³/mol. The Labute approximate surface area is 160 Å². The van der Waals surface area contributed by atoms with E-state index in [0.29, 0.717) is 32.7 Å². The fourth-order valence-electron chi connectivity index (χ4n) is 3.17. The Hall–Kier alpha value is -0.830. The maximum atomic E-state index is 12.3. The number of rotatable bonds is 5. The average molecular weight is 396 g/mol. The summed E-state index contributed by atoms with van der Waals surface area (Å²) in [5, 5.41) is 15.6. The van der Waals surface area contributed by atoms with Gasteiger partial charge >= 0.3 is 0 Å². The molecule has 2 fully saturated rings. The van der Waals surface area contributed by atoms with Gasteiger partial charge in [0.1, 0.15) is 11.5 Å². The molecule has 2 aliphatic rings. The molecule has 1 aromatic rings. The molecule has 7 nitrogen and oxygen atoms in total.